The zero-order valence-corrected chi connectivity index (χ0v) is 17.7. The van der Waals surface area contributed by atoms with Crippen molar-refractivity contribution in [3.63, 3.8) is 0 Å². The maximum Gasteiger partial charge on any atom is 0.223 e. The molecule has 4 rings (SSSR count). The molecule has 0 saturated heterocycles. The lowest BCUT2D eigenvalue weighted by atomic mass is 9.88. The highest BCUT2D eigenvalue weighted by Crippen LogP contribution is 2.24. The van der Waals surface area contributed by atoms with E-state index in [2.05, 4.69) is 44.9 Å². The third-order valence-electron chi connectivity index (χ3n) is 5.95. The number of nitrogen functional groups attached to an aromatic ring is 2. The summed E-state index contributed by atoms with van der Waals surface area (Å²) in [7, 11) is 0. The Bertz CT molecular complexity index is 1040. The van der Waals surface area contributed by atoms with Crippen molar-refractivity contribution in [2.75, 3.05) is 23.3 Å². The van der Waals surface area contributed by atoms with Gasteiger partial charge in [-0.25, -0.2) is 4.98 Å². The second kappa shape index (κ2) is 9.64. The minimum atomic E-state index is 0.180. The van der Waals surface area contributed by atoms with E-state index < -0.39 is 0 Å². The average Bonchev–Trinajstić information content (AvgIpc) is 2.79. The summed E-state index contributed by atoms with van der Waals surface area (Å²) in [5, 5.41) is 7.30. The number of fused-ring (bicyclic) bond motifs is 1. The van der Waals surface area contributed by atoms with E-state index >= 15 is 0 Å². The van der Waals surface area contributed by atoms with Gasteiger partial charge in [-0.2, -0.15) is 4.98 Å². The Morgan fingerprint density at radius 1 is 0.968 bits per heavy atom. The van der Waals surface area contributed by atoms with Crippen molar-refractivity contribution < 1.29 is 4.79 Å². The fraction of sp³-hybridized carbons (Fsp3) is 0.375. The van der Waals surface area contributed by atoms with Crippen molar-refractivity contribution in [1.29, 1.82) is 0 Å². The number of benzene rings is 2. The molecule has 3 aromatic rings. The van der Waals surface area contributed by atoms with Crippen LogP contribution < -0.4 is 22.1 Å². The Hall–Kier alpha value is -3.35. The molecule has 0 spiro atoms. The molecule has 7 heteroatoms. The van der Waals surface area contributed by atoms with Gasteiger partial charge in [-0.15, -0.1) is 0 Å². The third-order valence-corrected chi connectivity index (χ3v) is 5.95. The van der Waals surface area contributed by atoms with Crippen molar-refractivity contribution in [2.45, 2.75) is 45.1 Å². The Morgan fingerprint density at radius 3 is 2.48 bits per heavy atom. The van der Waals surface area contributed by atoms with Crippen molar-refractivity contribution >= 4 is 34.3 Å². The lowest BCUT2D eigenvalue weighted by molar-refractivity contribution is -0.125. The second-order valence-electron chi connectivity index (χ2n) is 8.24. The van der Waals surface area contributed by atoms with E-state index in [1.807, 2.05) is 18.2 Å². The van der Waals surface area contributed by atoms with Crippen LogP contribution in [-0.2, 0) is 17.8 Å². The van der Waals surface area contributed by atoms with Gasteiger partial charge in [0.15, 0.2) is 0 Å². The molecule has 0 radical (unpaired) electrons. The molecule has 1 amide bonds. The molecule has 0 bridgehead atoms. The van der Waals surface area contributed by atoms with Crippen LogP contribution in [0.3, 0.4) is 0 Å². The summed E-state index contributed by atoms with van der Waals surface area (Å²) in [5.74, 6) is 1.01. The smallest absolute Gasteiger partial charge is 0.223 e. The van der Waals surface area contributed by atoms with Crippen LogP contribution in [0.5, 0.6) is 0 Å². The number of aromatic nitrogens is 2. The van der Waals surface area contributed by atoms with Gasteiger partial charge in [0, 0.05) is 30.1 Å². The highest BCUT2D eigenvalue weighted by molar-refractivity contribution is 5.91. The first-order valence-electron chi connectivity index (χ1n) is 11.0. The molecular weight excluding hydrogens is 388 g/mol. The quantitative estimate of drug-likeness (QED) is 0.465. The van der Waals surface area contributed by atoms with E-state index in [4.69, 9.17) is 11.5 Å². The number of amides is 1. The van der Waals surface area contributed by atoms with Crippen LogP contribution in [-0.4, -0.2) is 22.4 Å². The first kappa shape index (κ1) is 20.9. The number of carbonyl (C=O) groups is 1. The fourth-order valence-corrected chi connectivity index (χ4v) is 4.15. The van der Waals surface area contributed by atoms with Gasteiger partial charge in [0.2, 0.25) is 11.9 Å². The summed E-state index contributed by atoms with van der Waals surface area (Å²) in [6.45, 7) is 1.39. The van der Waals surface area contributed by atoms with Crippen LogP contribution in [0.15, 0.2) is 42.5 Å². The standard InChI is InChI=1S/C24H30N6O/c25-22-20-14-19(10-11-21(20)29-24(26)30-22)28-15-17-8-6-16(7-9-17)12-13-27-23(31)18-4-2-1-3-5-18/h6-11,14,18,28H,1-5,12-13,15H2,(H,27,31)(H4,25,26,29,30). The molecule has 1 aliphatic carbocycles. The van der Waals surface area contributed by atoms with Crippen molar-refractivity contribution in [1.82, 2.24) is 15.3 Å². The molecule has 0 atom stereocenters. The topological polar surface area (TPSA) is 119 Å². The molecule has 1 fully saturated rings. The third kappa shape index (κ3) is 5.42. The normalized spacial score (nSPS) is 14.5. The van der Waals surface area contributed by atoms with Gasteiger partial charge in [-0.3, -0.25) is 4.79 Å². The summed E-state index contributed by atoms with van der Waals surface area (Å²) in [6, 6.07) is 14.3. The minimum absolute atomic E-state index is 0.180. The molecular formula is C24H30N6O. The second-order valence-corrected chi connectivity index (χ2v) is 8.24. The molecule has 31 heavy (non-hydrogen) atoms. The largest absolute Gasteiger partial charge is 0.383 e. The highest BCUT2D eigenvalue weighted by Gasteiger charge is 2.20. The van der Waals surface area contributed by atoms with Gasteiger partial charge >= 0.3 is 0 Å². The molecule has 1 aliphatic rings. The van der Waals surface area contributed by atoms with E-state index in [1.54, 1.807) is 0 Å². The van der Waals surface area contributed by atoms with Crippen LogP contribution in [0.25, 0.3) is 10.9 Å². The molecule has 1 saturated carbocycles. The van der Waals surface area contributed by atoms with Crippen LogP contribution in [0.4, 0.5) is 17.5 Å². The predicted octanol–water partition coefficient (Wildman–Crippen LogP) is 3.65. The van der Waals surface area contributed by atoms with Gasteiger partial charge < -0.3 is 22.1 Å². The summed E-state index contributed by atoms with van der Waals surface area (Å²) < 4.78 is 0. The zero-order chi connectivity index (χ0) is 21.6. The Balaban J connectivity index is 1.27. The first-order chi connectivity index (χ1) is 15.1. The number of hydrogen-bond acceptors (Lipinski definition) is 6. The number of nitrogens with one attached hydrogen (secondary N) is 2. The van der Waals surface area contributed by atoms with Crippen LogP contribution in [0.2, 0.25) is 0 Å². The zero-order valence-electron chi connectivity index (χ0n) is 17.7. The molecule has 0 unspecified atom stereocenters. The van der Waals surface area contributed by atoms with Gasteiger partial charge in [-0.05, 0) is 48.6 Å². The molecule has 0 aliphatic heterocycles. The van der Waals surface area contributed by atoms with Crippen molar-refractivity contribution in [3.8, 4) is 0 Å². The number of nitrogens with two attached hydrogens (primary N) is 2. The number of rotatable bonds is 7. The number of nitrogens with zero attached hydrogens (tertiary/aromatic N) is 2. The summed E-state index contributed by atoms with van der Waals surface area (Å²) >= 11 is 0. The van der Waals surface area contributed by atoms with E-state index in [0.717, 1.165) is 35.9 Å². The van der Waals surface area contributed by atoms with Crippen molar-refractivity contribution in [2.24, 2.45) is 5.92 Å². The van der Waals surface area contributed by atoms with Gasteiger partial charge in [0.05, 0.1) is 5.52 Å². The predicted molar refractivity (Wildman–Crippen MR) is 125 cm³/mol. The number of hydrogen-bond donors (Lipinski definition) is 4. The van der Waals surface area contributed by atoms with E-state index in [9.17, 15) is 4.79 Å². The number of anilines is 3. The Labute approximate surface area is 182 Å². The molecule has 6 N–H and O–H groups in total. The first-order valence-corrected chi connectivity index (χ1v) is 11.0. The Kier molecular flexibility index (Phi) is 6.50. The van der Waals surface area contributed by atoms with Crippen LogP contribution >= 0.6 is 0 Å². The average molecular weight is 419 g/mol. The SMILES string of the molecule is Nc1nc(N)c2cc(NCc3ccc(CCNC(=O)C4CCCCC4)cc3)ccc2n1. The van der Waals surface area contributed by atoms with Crippen molar-refractivity contribution in [3.05, 3.63) is 53.6 Å². The fourth-order valence-electron chi connectivity index (χ4n) is 4.15. The summed E-state index contributed by atoms with van der Waals surface area (Å²) in [5.41, 5.74) is 15.7. The molecule has 1 heterocycles. The van der Waals surface area contributed by atoms with Crippen LogP contribution in [0, 0.1) is 5.92 Å². The number of carbonyl (C=O) groups excluding carboxylic acids is 1. The van der Waals surface area contributed by atoms with Gasteiger partial charge in [-0.1, -0.05) is 43.5 Å². The molecule has 2 aromatic carbocycles. The van der Waals surface area contributed by atoms with Crippen LogP contribution in [0.1, 0.15) is 43.2 Å². The Morgan fingerprint density at radius 2 is 1.71 bits per heavy atom. The van der Waals surface area contributed by atoms with E-state index in [1.165, 1.54) is 30.4 Å². The lowest BCUT2D eigenvalue weighted by Gasteiger charge is -2.20. The minimum Gasteiger partial charge on any atom is -0.383 e. The summed E-state index contributed by atoms with van der Waals surface area (Å²) in [4.78, 5) is 20.5. The van der Waals surface area contributed by atoms with E-state index in [-0.39, 0.29) is 17.8 Å². The molecule has 7 nitrogen and oxygen atoms in total. The molecule has 1 aromatic heterocycles. The maximum absolute atomic E-state index is 12.2. The van der Waals surface area contributed by atoms with Gasteiger partial charge in [0.1, 0.15) is 5.82 Å². The van der Waals surface area contributed by atoms with E-state index in [0.29, 0.717) is 18.9 Å². The highest BCUT2D eigenvalue weighted by atomic mass is 16.1. The monoisotopic (exact) mass is 418 g/mol. The lowest BCUT2D eigenvalue weighted by Crippen LogP contribution is -2.33. The van der Waals surface area contributed by atoms with Gasteiger partial charge in [0.25, 0.3) is 0 Å². The molecule has 162 valence electrons. The maximum atomic E-state index is 12.2. The summed E-state index contributed by atoms with van der Waals surface area (Å²) in [6.07, 6.45) is 6.56.